The van der Waals surface area contributed by atoms with Crippen LogP contribution >= 0.6 is 24.8 Å². The number of hydrogen-bond donors (Lipinski definition) is 0. The van der Waals surface area contributed by atoms with Gasteiger partial charge in [0.1, 0.15) is 0 Å². The number of fused-ring (bicyclic) bond motifs is 1. The number of halogens is 2. The van der Waals surface area contributed by atoms with E-state index in [1.165, 1.54) is 16.3 Å². The van der Waals surface area contributed by atoms with Gasteiger partial charge in [-0.1, -0.05) is 25.8 Å². The van der Waals surface area contributed by atoms with E-state index in [9.17, 15) is 0 Å². The summed E-state index contributed by atoms with van der Waals surface area (Å²) in [5, 5.41) is 2.77. The molecule has 0 atom stereocenters. The van der Waals surface area contributed by atoms with E-state index in [1.54, 1.807) is 0 Å². The summed E-state index contributed by atoms with van der Waals surface area (Å²) in [6.07, 6.45) is 0. The third kappa shape index (κ3) is 3.57. The van der Waals surface area contributed by atoms with Gasteiger partial charge in [-0.15, -0.1) is 65.4 Å². The monoisotopic (exact) mass is 277 g/mol. The Morgan fingerprint density at radius 3 is 2.20 bits per heavy atom. The molecule has 0 heterocycles. The Morgan fingerprint density at radius 1 is 1.00 bits per heavy atom. The van der Waals surface area contributed by atoms with Crippen LogP contribution in [-0.4, -0.2) is 0 Å². The first kappa shape index (κ1) is 17.5. The molecule has 0 spiro atoms. The first-order valence-corrected chi connectivity index (χ1v) is 4.43. The quantitative estimate of drug-likeness (QED) is 0.531. The fraction of sp³-hybridized carbons (Fsp3) is 0.250. The Balaban J connectivity index is 0. The van der Waals surface area contributed by atoms with Crippen LogP contribution in [0, 0.1) is 0 Å². The molecular weight excluding hydrogens is 263 g/mol. The maximum absolute atomic E-state index is 2.24. The predicted octanol–water partition coefficient (Wildman–Crippen LogP) is 4.52. The third-order valence-corrected chi connectivity index (χ3v) is 2.34. The Morgan fingerprint density at radius 2 is 1.60 bits per heavy atom. The van der Waals surface area contributed by atoms with Crippen LogP contribution in [0.25, 0.3) is 10.8 Å². The van der Waals surface area contributed by atoms with Crippen molar-refractivity contribution in [2.24, 2.45) is 0 Å². The molecule has 0 amide bonds. The van der Waals surface area contributed by atoms with Crippen molar-refractivity contribution in [3.05, 3.63) is 42.0 Å². The molecule has 0 bridgehead atoms. The minimum atomic E-state index is 0. The molecule has 0 aliphatic heterocycles. The van der Waals surface area contributed by atoms with Crippen molar-refractivity contribution in [1.29, 1.82) is 0 Å². The van der Waals surface area contributed by atoms with Crippen molar-refractivity contribution in [1.82, 2.24) is 0 Å². The van der Waals surface area contributed by atoms with Crippen molar-refractivity contribution >= 4 is 35.6 Å². The molecule has 0 unspecified atom stereocenters. The van der Waals surface area contributed by atoms with Gasteiger partial charge in [-0.2, -0.15) is 6.07 Å². The van der Waals surface area contributed by atoms with E-state index in [0.29, 0.717) is 5.92 Å². The second-order valence-corrected chi connectivity index (χ2v) is 3.53. The van der Waals surface area contributed by atoms with E-state index in [0.717, 1.165) is 0 Å². The fourth-order valence-corrected chi connectivity index (χ4v) is 1.68. The molecule has 0 saturated heterocycles. The van der Waals surface area contributed by atoms with E-state index >= 15 is 0 Å². The first-order valence-electron chi connectivity index (χ1n) is 4.43. The van der Waals surface area contributed by atoms with Gasteiger partial charge in [0, 0.05) is 21.7 Å². The number of benzene rings is 1. The van der Waals surface area contributed by atoms with E-state index in [-0.39, 0.29) is 46.5 Å². The van der Waals surface area contributed by atoms with Crippen LogP contribution in [-0.2, 0) is 21.7 Å². The molecule has 0 aliphatic rings. The van der Waals surface area contributed by atoms with Crippen LogP contribution in [0.5, 0.6) is 0 Å². The third-order valence-electron chi connectivity index (χ3n) is 2.34. The molecule has 82 valence electrons. The molecule has 2 aromatic rings. The van der Waals surface area contributed by atoms with Gasteiger partial charge in [0.25, 0.3) is 0 Å². The molecule has 0 aromatic heterocycles. The summed E-state index contributed by atoms with van der Waals surface area (Å²) in [5.41, 5.74) is 1.46. The average Bonchev–Trinajstić information content (AvgIpc) is 2.47. The molecule has 0 radical (unpaired) electrons. The minimum Gasteiger partial charge on any atom is -0.168 e. The fourth-order valence-electron chi connectivity index (χ4n) is 1.68. The molecule has 15 heavy (non-hydrogen) atoms. The van der Waals surface area contributed by atoms with Crippen LogP contribution < -0.4 is 0 Å². The smallest absolute Gasteiger partial charge is 0 e. The molecule has 0 nitrogen and oxygen atoms in total. The van der Waals surface area contributed by atoms with Gasteiger partial charge in [0.05, 0.1) is 0 Å². The summed E-state index contributed by atoms with van der Waals surface area (Å²) in [7, 11) is 0. The summed E-state index contributed by atoms with van der Waals surface area (Å²) in [6.45, 7) is 4.48. The summed E-state index contributed by atoms with van der Waals surface area (Å²) < 4.78 is 0. The second-order valence-electron chi connectivity index (χ2n) is 3.53. The first-order chi connectivity index (χ1) is 5.79. The van der Waals surface area contributed by atoms with Gasteiger partial charge < -0.3 is 0 Å². The van der Waals surface area contributed by atoms with Gasteiger partial charge in [-0.3, -0.25) is 0 Å². The predicted molar refractivity (Wildman–Crippen MR) is 68.1 cm³/mol. The molecule has 2 aromatic carbocycles. The normalized spacial score (nSPS) is 9.00. The summed E-state index contributed by atoms with van der Waals surface area (Å²) in [6, 6.07) is 13.0. The molecule has 2 rings (SSSR count). The van der Waals surface area contributed by atoms with Crippen LogP contribution in [0.4, 0.5) is 0 Å². The zero-order chi connectivity index (χ0) is 8.55. The van der Waals surface area contributed by atoms with Crippen LogP contribution in [0.2, 0.25) is 0 Å². The Bertz CT molecular complexity index is 393. The van der Waals surface area contributed by atoms with Crippen molar-refractivity contribution in [3.8, 4) is 0 Å². The molecular formula is C12H15Cl2Ti-. The van der Waals surface area contributed by atoms with Gasteiger partial charge >= 0.3 is 0 Å². The molecule has 3 heteroatoms. The molecule has 0 N–H and O–H groups in total. The number of hydrogen-bond acceptors (Lipinski definition) is 0. The summed E-state index contributed by atoms with van der Waals surface area (Å²) in [5.74, 6) is 0.630. The minimum absolute atomic E-state index is 0. The van der Waals surface area contributed by atoms with Gasteiger partial charge in [0.2, 0.25) is 0 Å². The Kier molecular flexibility index (Phi) is 8.65. The van der Waals surface area contributed by atoms with E-state index in [2.05, 4.69) is 50.2 Å². The number of rotatable bonds is 1. The van der Waals surface area contributed by atoms with E-state index in [4.69, 9.17) is 0 Å². The second kappa shape index (κ2) is 7.41. The maximum Gasteiger partial charge on any atom is 0 e. The molecule has 0 fully saturated rings. The summed E-state index contributed by atoms with van der Waals surface area (Å²) in [4.78, 5) is 0. The van der Waals surface area contributed by atoms with Crippen LogP contribution in [0.3, 0.4) is 0 Å². The topological polar surface area (TPSA) is 0 Å². The Labute approximate surface area is 119 Å². The van der Waals surface area contributed by atoms with Crippen molar-refractivity contribution in [2.75, 3.05) is 0 Å². The van der Waals surface area contributed by atoms with Gasteiger partial charge in [-0.25, -0.2) is 0 Å². The molecule has 0 saturated carbocycles. The Hall–Kier alpha value is 0.124. The zero-order valence-electron chi connectivity index (χ0n) is 8.86. The maximum atomic E-state index is 2.24. The van der Waals surface area contributed by atoms with E-state index in [1.807, 2.05) is 0 Å². The standard InChI is InChI=1S/C12H13.2ClH.Ti/c1-9(2)11-8-7-10-5-3-4-6-12(10)11;;;/h3-9H,1-2H3;2*1H;/q-1;;;. The SMILES string of the molecule is CC(C)[c-]1ccc2ccccc21.Cl.Cl.[Ti]. The molecule has 0 aliphatic carbocycles. The van der Waals surface area contributed by atoms with Crippen LogP contribution in [0.1, 0.15) is 25.3 Å². The van der Waals surface area contributed by atoms with Gasteiger partial charge in [0.15, 0.2) is 0 Å². The largest absolute Gasteiger partial charge is 0.168 e. The van der Waals surface area contributed by atoms with Gasteiger partial charge in [-0.05, 0) is 0 Å². The zero-order valence-corrected chi connectivity index (χ0v) is 12.1. The van der Waals surface area contributed by atoms with Crippen LogP contribution in [0.15, 0.2) is 36.4 Å². The van der Waals surface area contributed by atoms with E-state index < -0.39 is 0 Å². The average molecular weight is 278 g/mol. The van der Waals surface area contributed by atoms with Crippen molar-refractivity contribution < 1.29 is 21.7 Å². The van der Waals surface area contributed by atoms with Crippen molar-refractivity contribution in [2.45, 2.75) is 19.8 Å². The van der Waals surface area contributed by atoms with Crippen molar-refractivity contribution in [3.63, 3.8) is 0 Å². The summed E-state index contributed by atoms with van der Waals surface area (Å²) >= 11 is 0.